The summed E-state index contributed by atoms with van der Waals surface area (Å²) in [5, 5.41) is 5.38. The van der Waals surface area contributed by atoms with Gasteiger partial charge in [-0.1, -0.05) is 50.2 Å². The molecule has 1 N–H and O–H groups in total. The molecule has 2 aromatic rings. The standard InChI is InChI=1S/C21H20N2O3/c1-10(2)17-15-16(20(26)23(3)19(15)25)21(22-17)13-9-5-7-11-6-4-8-12(14(11)13)18(21)24/h4-10,15-17,22H,1-3H3/t15-,16-,17?,21+/m0/s1. The predicted molar refractivity (Wildman–Crippen MR) is 96.5 cm³/mol. The predicted octanol–water partition coefficient (Wildman–Crippen LogP) is 2.09. The van der Waals surface area contributed by atoms with Gasteiger partial charge in [-0.3, -0.25) is 24.6 Å². The molecule has 1 unspecified atom stereocenters. The highest BCUT2D eigenvalue weighted by Crippen LogP contribution is 2.55. The normalized spacial score (nSPS) is 32.5. The lowest BCUT2D eigenvalue weighted by molar-refractivity contribution is -0.139. The van der Waals surface area contributed by atoms with Crippen molar-refractivity contribution in [2.45, 2.75) is 25.4 Å². The Morgan fingerprint density at radius 3 is 2.42 bits per heavy atom. The molecule has 2 fully saturated rings. The second kappa shape index (κ2) is 4.80. The van der Waals surface area contributed by atoms with E-state index in [0.717, 1.165) is 16.3 Å². The molecular weight excluding hydrogens is 328 g/mol. The fourth-order valence-electron chi connectivity index (χ4n) is 5.32. The topological polar surface area (TPSA) is 66.5 Å². The van der Waals surface area contributed by atoms with E-state index in [2.05, 4.69) is 5.32 Å². The van der Waals surface area contributed by atoms with E-state index in [1.807, 2.05) is 50.2 Å². The van der Waals surface area contributed by atoms with E-state index < -0.39 is 17.4 Å². The first-order valence-corrected chi connectivity index (χ1v) is 9.05. The average Bonchev–Trinajstić information content (AvgIpc) is 3.19. The first kappa shape index (κ1) is 15.7. The second-order valence-electron chi connectivity index (χ2n) is 8.00. The van der Waals surface area contributed by atoms with Crippen LogP contribution < -0.4 is 5.32 Å². The van der Waals surface area contributed by atoms with Gasteiger partial charge in [0.25, 0.3) is 0 Å². The lowest BCUT2D eigenvalue weighted by atomic mass is 9.75. The minimum atomic E-state index is -1.14. The van der Waals surface area contributed by atoms with Gasteiger partial charge in [0.1, 0.15) is 5.54 Å². The van der Waals surface area contributed by atoms with Crippen molar-refractivity contribution in [1.82, 2.24) is 10.2 Å². The van der Waals surface area contributed by atoms with Crippen molar-refractivity contribution < 1.29 is 14.4 Å². The first-order chi connectivity index (χ1) is 12.4. The van der Waals surface area contributed by atoms with Crippen LogP contribution in [0.4, 0.5) is 0 Å². The summed E-state index contributed by atoms with van der Waals surface area (Å²) in [5.74, 6) is -1.58. The largest absolute Gasteiger partial charge is 0.296 e. The Labute approximate surface area is 151 Å². The van der Waals surface area contributed by atoms with Gasteiger partial charge in [-0.15, -0.1) is 0 Å². The highest BCUT2D eigenvalue weighted by atomic mass is 16.2. The molecule has 2 aliphatic heterocycles. The molecule has 2 saturated heterocycles. The van der Waals surface area contributed by atoms with Crippen LogP contribution in [0, 0.1) is 17.8 Å². The number of hydrogen-bond donors (Lipinski definition) is 1. The van der Waals surface area contributed by atoms with Gasteiger partial charge in [0.05, 0.1) is 11.8 Å². The Morgan fingerprint density at radius 1 is 1.04 bits per heavy atom. The molecule has 2 aromatic carbocycles. The number of ketones is 1. The van der Waals surface area contributed by atoms with E-state index in [0.29, 0.717) is 5.56 Å². The van der Waals surface area contributed by atoms with Gasteiger partial charge in [0.2, 0.25) is 11.8 Å². The zero-order valence-corrected chi connectivity index (χ0v) is 14.9. The fraction of sp³-hybridized carbons (Fsp3) is 0.381. The van der Waals surface area contributed by atoms with Crippen molar-refractivity contribution in [2.75, 3.05) is 7.05 Å². The van der Waals surface area contributed by atoms with Crippen LogP contribution in [-0.4, -0.2) is 35.6 Å². The SMILES string of the molecule is CC(C)C1N[C@@]2(C(=O)c3cccc4cccc2c34)[C@@H]2C(=O)N(C)C(=O)[C@H]12. The Morgan fingerprint density at radius 2 is 1.73 bits per heavy atom. The molecule has 0 aromatic heterocycles. The van der Waals surface area contributed by atoms with Gasteiger partial charge in [-0.2, -0.15) is 0 Å². The number of amides is 2. The zero-order valence-electron chi connectivity index (χ0n) is 14.9. The van der Waals surface area contributed by atoms with Gasteiger partial charge in [-0.05, 0) is 22.3 Å². The molecule has 5 nitrogen and oxygen atoms in total. The van der Waals surface area contributed by atoms with Crippen LogP contribution in [0.1, 0.15) is 29.8 Å². The van der Waals surface area contributed by atoms with Crippen LogP contribution in [0.25, 0.3) is 10.8 Å². The number of hydrogen-bond acceptors (Lipinski definition) is 4. The Kier molecular flexibility index (Phi) is 2.90. The third-order valence-electron chi connectivity index (χ3n) is 6.47. The van der Waals surface area contributed by atoms with Crippen molar-refractivity contribution in [1.29, 1.82) is 0 Å². The van der Waals surface area contributed by atoms with E-state index in [1.165, 1.54) is 11.9 Å². The lowest BCUT2D eigenvalue weighted by Gasteiger charge is -2.31. The van der Waals surface area contributed by atoms with Gasteiger partial charge in [-0.25, -0.2) is 0 Å². The van der Waals surface area contributed by atoms with Crippen molar-refractivity contribution in [3.05, 3.63) is 47.5 Å². The molecular formula is C21H20N2O3. The second-order valence-corrected chi connectivity index (χ2v) is 8.00. The highest BCUT2D eigenvalue weighted by Gasteiger charge is 2.69. The van der Waals surface area contributed by atoms with E-state index in [4.69, 9.17) is 0 Å². The van der Waals surface area contributed by atoms with Crippen molar-refractivity contribution in [3.8, 4) is 0 Å². The lowest BCUT2D eigenvalue weighted by Crippen LogP contribution is -2.52. The number of imide groups is 1. The molecule has 2 heterocycles. The van der Waals surface area contributed by atoms with E-state index in [-0.39, 0.29) is 29.6 Å². The van der Waals surface area contributed by atoms with Gasteiger partial charge >= 0.3 is 0 Å². The van der Waals surface area contributed by atoms with Crippen molar-refractivity contribution >= 4 is 28.4 Å². The summed E-state index contributed by atoms with van der Waals surface area (Å²) in [4.78, 5) is 40.7. The minimum Gasteiger partial charge on any atom is -0.296 e. The Balaban J connectivity index is 1.83. The van der Waals surface area contributed by atoms with E-state index >= 15 is 0 Å². The van der Waals surface area contributed by atoms with Gasteiger partial charge in [0, 0.05) is 18.7 Å². The summed E-state index contributed by atoms with van der Waals surface area (Å²) < 4.78 is 0. The fourth-order valence-corrected chi connectivity index (χ4v) is 5.32. The van der Waals surface area contributed by atoms with Crippen LogP contribution in [0.5, 0.6) is 0 Å². The Bertz CT molecular complexity index is 1010. The third kappa shape index (κ3) is 1.54. The zero-order chi connectivity index (χ0) is 18.4. The van der Waals surface area contributed by atoms with E-state index in [9.17, 15) is 14.4 Å². The number of Topliss-reactive ketones (excluding diaryl/α,β-unsaturated/α-hetero) is 1. The van der Waals surface area contributed by atoms with Gasteiger partial charge < -0.3 is 0 Å². The number of nitrogens with one attached hydrogen (secondary N) is 1. The molecule has 0 saturated carbocycles. The number of benzene rings is 2. The Hall–Kier alpha value is -2.53. The number of carbonyl (C=O) groups is 3. The summed E-state index contributed by atoms with van der Waals surface area (Å²) >= 11 is 0. The average molecular weight is 348 g/mol. The molecule has 0 bridgehead atoms. The van der Waals surface area contributed by atoms with Crippen LogP contribution in [-0.2, 0) is 15.1 Å². The monoisotopic (exact) mass is 348 g/mol. The highest BCUT2D eigenvalue weighted by molar-refractivity contribution is 6.23. The maximum atomic E-state index is 13.6. The first-order valence-electron chi connectivity index (χ1n) is 9.05. The molecule has 1 aliphatic carbocycles. The van der Waals surface area contributed by atoms with Crippen molar-refractivity contribution in [2.24, 2.45) is 17.8 Å². The molecule has 5 heteroatoms. The third-order valence-corrected chi connectivity index (χ3v) is 6.47. The molecule has 4 atom stereocenters. The maximum Gasteiger partial charge on any atom is 0.235 e. The summed E-state index contributed by atoms with van der Waals surface area (Å²) in [7, 11) is 1.53. The van der Waals surface area contributed by atoms with Crippen LogP contribution in [0.2, 0.25) is 0 Å². The summed E-state index contributed by atoms with van der Waals surface area (Å²) in [6, 6.07) is 11.3. The van der Waals surface area contributed by atoms with Crippen LogP contribution in [0.15, 0.2) is 36.4 Å². The summed E-state index contributed by atoms with van der Waals surface area (Å²) in [6.07, 6.45) is 0. The van der Waals surface area contributed by atoms with E-state index in [1.54, 1.807) is 0 Å². The van der Waals surface area contributed by atoms with Crippen LogP contribution >= 0.6 is 0 Å². The van der Waals surface area contributed by atoms with Crippen molar-refractivity contribution in [3.63, 3.8) is 0 Å². The van der Waals surface area contributed by atoms with Gasteiger partial charge in [0.15, 0.2) is 5.78 Å². The molecule has 1 spiro atoms. The molecule has 0 radical (unpaired) electrons. The molecule has 26 heavy (non-hydrogen) atoms. The molecule has 2 amide bonds. The minimum absolute atomic E-state index is 0.0844. The molecule has 3 aliphatic rings. The molecule has 5 rings (SSSR count). The number of likely N-dealkylation sites (tertiary alicyclic amines) is 1. The molecule has 132 valence electrons. The number of nitrogens with zero attached hydrogens (tertiary/aromatic N) is 1. The van der Waals surface area contributed by atoms with Crippen LogP contribution in [0.3, 0.4) is 0 Å². The quantitative estimate of drug-likeness (QED) is 0.802. The summed E-state index contributed by atoms with van der Waals surface area (Å²) in [5.41, 5.74) is 0.342. The smallest absolute Gasteiger partial charge is 0.235 e. The number of carbonyl (C=O) groups excluding carboxylic acids is 3. The number of fused-ring (bicyclic) bond motifs is 3. The summed E-state index contributed by atoms with van der Waals surface area (Å²) in [6.45, 7) is 4.05. The number of rotatable bonds is 1. The maximum absolute atomic E-state index is 13.6.